The van der Waals surface area contributed by atoms with E-state index in [0.717, 1.165) is 17.1 Å². The van der Waals surface area contributed by atoms with Crippen LogP contribution in [0.25, 0.3) is 0 Å². The quantitative estimate of drug-likeness (QED) is 0.872. The largest absolute Gasteiger partial charge is 0.371 e. The summed E-state index contributed by atoms with van der Waals surface area (Å²) in [6.07, 6.45) is 0.0212. The Bertz CT molecular complexity index is 616. The van der Waals surface area contributed by atoms with E-state index in [1.54, 1.807) is 6.92 Å². The predicted octanol–water partition coefficient (Wildman–Crippen LogP) is 2.99. The molecule has 0 N–H and O–H groups in total. The van der Waals surface area contributed by atoms with Crippen LogP contribution in [0.15, 0.2) is 28.8 Å². The summed E-state index contributed by atoms with van der Waals surface area (Å²) in [6, 6.07) is 8.14. The molecule has 0 aliphatic carbocycles. The monoisotopic (exact) mass is 307 g/mol. The molecule has 2 atom stereocenters. The van der Waals surface area contributed by atoms with Crippen molar-refractivity contribution in [3.05, 3.63) is 46.6 Å². The Hall–Kier alpha value is -1.43. The van der Waals surface area contributed by atoms with Gasteiger partial charge in [0.2, 0.25) is 5.89 Å². The highest BCUT2D eigenvalue weighted by Crippen LogP contribution is 2.27. The molecular formula is C15H18ClN3O2. The highest BCUT2D eigenvalue weighted by molar-refractivity contribution is 6.30. The van der Waals surface area contributed by atoms with Crippen molar-refractivity contribution in [1.82, 2.24) is 15.0 Å². The van der Waals surface area contributed by atoms with Crippen molar-refractivity contribution in [1.29, 1.82) is 0 Å². The summed E-state index contributed by atoms with van der Waals surface area (Å²) in [5.41, 5.74) is 1.10. The number of nitrogens with zero attached hydrogens (tertiary/aromatic N) is 3. The molecule has 0 bridgehead atoms. The number of morpholine rings is 1. The molecule has 6 heteroatoms. The molecule has 1 aliphatic rings. The van der Waals surface area contributed by atoms with Gasteiger partial charge in [0.1, 0.15) is 0 Å². The van der Waals surface area contributed by atoms with Gasteiger partial charge in [-0.2, -0.15) is 4.98 Å². The van der Waals surface area contributed by atoms with Crippen LogP contribution in [0.5, 0.6) is 0 Å². The number of hydrogen-bond donors (Lipinski definition) is 0. The van der Waals surface area contributed by atoms with Crippen LogP contribution < -0.4 is 0 Å². The van der Waals surface area contributed by atoms with Gasteiger partial charge in [0.25, 0.3) is 0 Å². The Morgan fingerprint density at radius 1 is 1.43 bits per heavy atom. The molecule has 1 fully saturated rings. The van der Waals surface area contributed by atoms with Gasteiger partial charge in [-0.3, -0.25) is 4.90 Å². The van der Waals surface area contributed by atoms with Gasteiger partial charge in [-0.15, -0.1) is 0 Å². The van der Waals surface area contributed by atoms with Crippen LogP contribution in [0.2, 0.25) is 5.02 Å². The Balaban J connectivity index is 1.72. The molecule has 112 valence electrons. The van der Waals surface area contributed by atoms with Crippen LogP contribution in [0.3, 0.4) is 0 Å². The van der Waals surface area contributed by atoms with Gasteiger partial charge in [0, 0.05) is 24.5 Å². The predicted molar refractivity (Wildman–Crippen MR) is 79.1 cm³/mol. The Labute approximate surface area is 128 Å². The number of ether oxygens (including phenoxy) is 1. The number of halogens is 1. The summed E-state index contributed by atoms with van der Waals surface area (Å²) in [5.74, 6) is 1.31. The third kappa shape index (κ3) is 3.43. The molecule has 0 radical (unpaired) electrons. The van der Waals surface area contributed by atoms with Crippen LogP contribution in [0, 0.1) is 6.92 Å². The van der Waals surface area contributed by atoms with Crippen molar-refractivity contribution in [2.75, 3.05) is 13.2 Å². The van der Waals surface area contributed by atoms with E-state index < -0.39 is 0 Å². The van der Waals surface area contributed by atoms with Crippen molar-refractivity contribution >= 4 is 11.6 Å². The third-order valence-electron chi connectivity index (χ3n) is 3.70. The summed E-state index contributed by atoms with van der Waals surface area (Å²) in [4.78, 5) is 6.57. The minimum Gasteiger partial charge on any atom is -0.371 e. The van der Waals surface area contributed by atoms with Crippen molar-refractivity contribution in [2.24, 2.45) is 0 Å². The van der Waals surface area contributed by atoms with Gasteiger partial charge in [-0.1, -0.05) is 28.9 Å². The molecular weight excluding hydrogens is 290 g/mol. The zero-order valence-electron chi connectivity index (χ0n) is 12.1. The Morgan fingerprint density at radius 2 is 2.29 bits per heavy atom. The normalized spacial score (nSPS) is 23.4. The number of benzene rings is 1. The second-order valence-electron chi connectivity index (χ2n) is 5.39. The smallest absolute Gasteiger partial charge is 0.223 e. The van der Waals surface area contributed by atoms with Crippen molar-refractivity contribution in [2.45, 2.75) is 32.5 Å². The molecule has 1 aliphatic heterocycles. The second kappa shape index (κ2) is 6.13. The molecule has 0 amide bonds. The van der Waals surface area contributed by atoms with Crippen LogP contribution in [-0.4, -0.2) is 34.2 Å². The molecule has 21 heavy (non-hydrogen) atoms. The lowest BCUT2D eigenvalue weighted by atomic mass is 10.1. The molecule has 2 heterocycles. The van der Waals surface area contributed by atoms with E-state index in [9.17, 15) is 0 Å². The maximum atomic E-state index is 6.06. The zero-order chi connectivity index (χ0) is 14.8. The first-order chi connectivity index (χ1) is 10.1. The molecule has 3 rings (SSSR count). The minimum atomic E-state index is 0.0212. The van der Waals surface area contributed by atoms with E-state index >= 15 is 0 Å². The van der Waals surface area contributed by atoms with E-state index in [0.29, 0.717) is 30.9 Å². The fourth-order valence-electron chi connectivity index (χ4n) is 2.52. The van der Waals surface area contributed by atoms with Crippen molar-refractivity contribution in [3.63, 3.8) is 0 Å². The Kier molecular flexibility index (Phi) is 4.24. The Morgan fingerprint density at radius 3 is 3.00 bits per heavy atom. The van der Waals surface area contributed by atoms with Crippen LogP contribution >= 0.6 is 11.6 Å². The topological polar surface area (TPSA) is 51.4 Å². The molecule has 0 unspecified atom stereocenters. The highest BCUT2D eigenvalue weighted by atomic mass is 35.5. The van der Waals surface area contributed by atoms with Crippen LogP contribution in [0.1, 0.15) is 30.3 Å². The summed E-state index contributed by atoms with van der Waals surface area (Å²) in [6.45, 7) is 6.07. The average Bonchev–Trinajstić information content (AvgIpc) is 2.87. The summed E-state index contributed by atoms with van der Waals surface area (Å²) >= 11 is 6.06. The fraction of sp³-hybridized carbons (Fsp3) is 0.467. The van der Waals surface area contributed by atoms with Gasteiger partial charge in [-0.25, -0.2) is 0 Å². The van der Waals surface area contributed by atoms with Crippen LogP contribution in [-0.2, 0) is 11.3 Å². The molecule has 1 saturated heterocycles. The zero-order valence-corrected chi connectivity index (χ0v) is 12.9. The average molecular weight is 308 g/mol. The lowest BCUT2D eigenvalue weighted by Gasteiger charge is -2.37. The third-order valence-corrected chi connectivity index (χ3v) is 3.93. The van der Waals surface area contributed by atoms with E-state index in [4.69, 9.17) is 20.9 Å². The lowest BCUT2D eigenvalue weighted by Crippen LogP contribution is -2.44. The molecule has 2 aromatic rings. The second-order valence-corrected chi connectivity index (χ2v) is 5.82. The van der Waals surface area contributed by atoms with Gasteiger partial charge in [0.15, 0.2) is 5.82 Å². The van der Waals surface area contributed by atoms with E-state index in [2.05, 4.69) is 22.0 Å². The van der Waals surface area contributed by atoms with Gasteiger partial charge in [0.05, 0.1) is 19.3 Å². The molecule has 5 nitrogen and oxygen atoms in total. The highest BCUT2D eigenvalue weighted by Gasteiger charge is 2.28. The first-order valence-corrected chi connectivity index (χ1v) is 7.40. The standard InChI is InChI=1S/C15H18ClN3O2/c1-10-9-20-14(12-4-3-5-13(16)6-12)7-19(10)8-15-17-11(2)21-18-15/h3-6,10,14H,7-9H2,1-2H3/t10-,14-/m1/s1. The minimum absolute atomic E-state index is 0.0212. The first-order valence-electron chi connectivity index (χ1n) is 7.02. The molecule has 1 aromatic heterocycles. The van der Waals surface area contributed by atoms with E-state index in [1.807, 2.05) is 24.3 Å². The molecule has 0 spiro atoms. The summed E-state index contributed by atoms with van der Waals surface area (Å²) < 4.78 is 11.0. The van der Waals surface area contributed by atoms with Gasteiger partial charge in [-0.05, 0) is 24.6 Å². The molecule has 0 saturated carbocycles. The maximum Gasteiger partial charge on any atom is 0.223 e. The van der Waals surface area contributed by atoms with Crippen LogP contribution in [0.4, 0.5) is 0 Å². The lowest BCUT2D eigenvalue weighted by molar-refractivity contribution is -0.0642. The number of hydrogen-bond acceptors (Lipinski definition) is 5. The first kappa shape index (κ1) is 14.5. The molecule has 1 aromatic carbocycles. The van der Waals surface area contributed by atoms with Gasteiger partial charge < -0.3 is 9.26 Å². The number of aromatic nitrogens is 2. The SMILES string of the molecule is Cc1nc(CN2C[C@H](c3cccc(Cl)c3)OC[C@H]2C)no1. The van der Waals surface area contributed by atoms with E-state index in [-0.39, 0.29) is 6.10 Å². The van der Waals surface area contributed by atoms with Gasteiger partial charge >= 0.3 is 0 Å². The summed E-state index contributed by atoms with van der Waals surface area (Å²) in [5, 5.41) is 4.70. The number of rotatable bonds is 3. The fourth-order valence-corrected chi connectivity index (χ4v) is 2.72. The van der Waals surface area contributed by atoms with Crippen molar-refractivity contribution < 1.29 is 9.26 Å². The number of aryl methyl sites for hydroxylation is 1. The van der Waals surface area contributed by atoms with E-state index in [1.165, 1.54) is 0 Å². The summed E-state index contributed by atoms with van der Waals surface area (Å²) in [7, 11) is 0. The van der Waals surface area contributed by atoms with Crippen molar-refractivity contribution in [3.8, 4) is 0 Å². The maximum absolute atomic E-state index is 6.06.